The first-order valence-corrected chi connectivity index (χ1v) is 7.43. The molecular weight excluding hydrogens is 330 g/mol. The van der Waals surface area contributed by atoms with Gasteiger partial charge in [-0.25, -0.2) is 4.98 Å². The number of rotatable bonds is 5. The Morgan fingerprint density at radius 2 is 2.37 bits per heavy atom. The summed E-state index contributed by atoms with van der Waals surface area (Å²) in [6, 6.07) is 0. The van der Waals surface area contributed by atoms with E-state index in [1.165, 1.54) is 11.3 Å². The number of aromatic nitrogens is 2. The number of carbonyl (C=O) groups excluding carboxylic acids is 1. The van der Waals surface area contributed by atoms with E-state index in [9.17, 15) is 4.79 Å². The van der Waals surface area contributed by atoms with E-state index in [2.05, 4.69) is 31.2 Å². The highest BCUT2D eigenvalue weighted by Crippen LogP contribution is 2.31. The van der Waals surface area contributed by atoms with Crippen molar-refractivity contribution in [2.45, 2.75) is 25.9 Å². The maximum Gasteiger partial charge on any atom is 0.226 e. The maximum absolute atomic E-state index is 11.8. The van der Waals surface area contributed by atoms with Crippen LogP contribution in [-0.2, 0) is 9.53 Å². The SMILES string of the molecule is COC(C)CCC(=O)Nc1nc2cncc(Br)c2s1. The lowest BCUT2D eigenvalue weighted by atomic mass is 10.2. The third-order valence-electron chi connectivity index (χ3n) is 2.68. The third-order valence-corrected chi connectivity index (χ3v) is 4.57. The van der Waals surface area contributed by atoms with Crippen molar-refractivity contribution in [1.29, 1.82) is 0 Å². The van der Waals surface area contributed by atoms with Crippen LogP contribution in [0, 0.1) is 0 Å². The van der Waals surface area contributed by atoms with Crippen LogP contribution in [0.1, 0.15) is 19.8 Å². The standard InChI is InChI=1S/C12H14BrN3O2S/c1-7(18-2)3-4-10(17)16-12-15-9-6-14-5-8(13)11(9)19-12/h5-7H,3-4H2,1-2H3,(H,15,16,17). The van der Waals surface area contributed by atoms with E-state index in [1.54, 1.807) is 19.5 Å². The Labute approximate surface area is 123 Å². The van der Waals surface area contributed by atoms with E-state index in [0.29, 0.717) is 18.0 Å². The van der Waals surface area contributed by atoms with Crippen LogP contribution in [0.3, 0.4) is 0 Å². The Morgan fingerprint density at radius 1 is 1.58 bits per heavy atom. The fourth-order valence-corrected chi connectivity index (χ4v) is 2.93. The quantitative estimate of drug-likeness (QED) is 0.905. The molecule has 0 bridgehead atoms. The molecule has 1 N–H and O–H groups in total. The molecule has 0 aromatic carbocycles. The van der Waals surface area contributed by atoms with Gasteiger partial charge in [-0.15, -0.1) is 0 Å². The lowest BCUT2D eigenvalue weighted by Crippen LogP contribution is -2.14. The Balaban J connectivity index is 2.01. The molecule has 102 valence electrons. The van der Waals surface area contributed by atoms with Gasteiger partial charge in [-0.05, 0) is 29.3 Å². The van der Waals surface area contributed by atoms with Gasteiger partial charge in [-0.1, -0.05) is 11.3 Å². The van der Waals surface area contributed by atoms with Crippen LogP contribution in [0.2, 0.25) is 0 Å². The monoisotopic (exact) mass is 343 g/mol. The molecule has 0 aliphatic heterocycles. The minimum atomic E-state index is -0.0490. The van der Waals surface area contributed by atoms with Crippen LogP contribution in [0.15, 0.2) is 16.9 Å². The Morgan fingerprint density at radius 3 is 3.05 bits per heavy atom. The zero-order chi connectivity index (χ0) is 13.8. The number of halogens is 1. The summed E-state index contributed by atoms with van der Waals surface area (Å²) in [5, 5.41) is 3.40. The molecule has 1 atom stereocenters. The van der Waals surface area contributed by atoms with Crippen LogP contribution in [0.4, 0.5) is 5.13 Å². The van der Waals surface area contributed by atoms with Crippen molar-refractivity contribution in [3.8, 4) is 0 Å². The first kappa shape index (κ1) is 14.4. The average Bonchev–Trinajstić information content (AvgIpc) is 2.80. The van der Waals surface area contributed by atoms with Crippen molar-refractivity contribution in [1.82, 2.24) is 9.97 Å². The van der Waals surface area contributed by atoms with Gasteiger partial charge in [0.1, 0.15) is 5.52 Å². The summed E-state index contributed by atoms with van der Waals surface area (Å²) >= 11 is 4.85. The zero-order valence-corrected chi connectivity index (χ0v) is 13.0. The van der Waals surface area contributed by atoms with Gasteiger partial charge in [0, 0.05) is 19.7 Å². The Hall–Kier alpha value is -1.05. The maximum atomic E-state index is 11.8. The fourth-order valence-electron chi connectivity index (χ4n) is 1.51. The van der Waals surface area contributed by atoms with Crippen LogP contribution in [0.5, 0.6) is 0 Å². The number of nitrogens with one attached hydrogen (secondary N) is 1. The topological polar surface area (TPSA) is 64.1 Å². The summed E-state index contributed by atoms with van der Waals surface area (Å²) < 4.78 is 6.97. The molecule has 0 spiro atoms. The van der Waals surface area contributed by atoms with E-state index in [-0.39, 0.29) is 12.0 Å². The molecule has 19 heavy (non-hydrogen) atoms. The summed E-state index contributed by atoms with van der Waals surface area (Å²) in [6.07, 6.45) is 4.59. The molecule has 0 saturated carbocycles. The second-order valence-electron chi connectivity index (χ2n) is 4.12. The molecule has 1 amide bonds. The number of thiazole rings is 1. The zero-order valence-electron chi connectivity index (χ0n) is 10.6. The molecule has 2 aromatic heterocycles. The van der Waals surface area contributed by atoms with Gasteiger partial charge >= 0.3 is 0 Å². The van der Waals surface area contributed by atoms with Gasteiger partial charge in [-0.2, -0.15) is 0 Å². The summed E-state index contributed by atoms with van der Waals surface area (Å²) in [4.78, 5) is 20.1. The van der Waals surface area contributed by atoms with Crippen LogP contribution in [-0.4, -0.2) is 29.1 Å². The van der Waals surface area contributed by atoms with Crippen molar-refractivity contribution in [2.24, 2.45) is 0 Å². The number of carbonyl (C=O) groups is 1. The second kappa shape index (κ2) is 6.40. The minimum Gasteiger partial charge on any atom is -0.382 e. The predicted molar refractivity (Wildman–Crippen MR) is 79.4 cm³/mol. The molecule has 0 aliphatic rings. The molecule has 2 heterocycles. The molecule has 7 heteroatoms. The molecule has 5 nitrogen and oxygen atoms in total. The first-order valence-electron chi connectivity index (χ1n) is 5.83. The lowest BCUT2D eigenvalue weighted by Gasteiger charge is -2.07. The summed E-state index contributed by atoms with van der Waals surface area (Å²) in [6.45, 7) is 1.94. The van der Waals surface area contributed by atoms with Gasteiger partial charge in [0.15, 0.2) is 5.13 Å². The number of ether oxygens (including phenoxy) is 1. The van der Waals surface area contributed by atoms with Gasteiger partial charge in [0.25, 0.3) is 0 Å². The van der Waals surface area contributed by atoms with Gasteiger partial charge in [0.05, 0.1) is 21.5 Å². The van der Waals surface area contributed by atoms with Gasteiger partial charge < -0.3 is 10.1 Å². The molecule has 0 radical (unpaired) electrons. The highest BCUT2D eigenvalue weighted by Gasteiger charge is 2.11. The molecular formula is C12H14BrN3O2S. The smallest absolute Gasteiger partial charge is 0.226 e. The van der Waals surface area contributed by atoms with Crippen LogP contribution >= 0.6 is 27.3 Å². The average molecular weight is 344 g/mol. The fraction of sp³-hybridized carbons (Fsp3) is 0.417. The van der Waals surface area contributed by atoms with Crippen molar-refractivity contribution >= 4 is 48.5 Å². The molecule has 0 saturated heterocycles. The van der Waals surface area contributed by atoms with E-state index < -0.39 is 0 Å². The number of pyridine rings is 1. The van der Waals surface area contributed by atoms with Gasteiger partial charge in [-0.3, -0.25) is 9.78 Å². The second-order valence-corrected chi connectivity index (χ2v) is 5.98. The third kappa shape index (κ3) is 3.71. The van der Waals surface area contributed by atoms with Crippen molar-refractivity contribution in [3.63, 3.8) is 0 Å². The predicted octanol–water partition coefficient (Wildman–Crippen LogP) is 3.21. The van der Waals surface area contributed by atoms with Crippen LogP contribution in [0.25, 0.3) is 10.2 Å². The lowest BCUT2D eigenvalue weighted by molar-refractivity contribution is -0.116. The van der Waals surface area contributed by atoms with Crippen molar-refractivity contribution in [2.75, 3.05) is 12.4 Å². The van der Waals surface area contributed by atoms with Crippen molar-refractivity contribution < 1.29 is 9.53 Å². The first-order chi connectivity index (χ1) is 9.10. The minimum absolute atomic E-state index is 0.0490. The summed E-state index contributed by atoms with van der Waals surface area (Å²) in [5.74, 6) is -0.0490. The van der Waals surface area contributed by atoms with Gasteiger partial charge in [0.2, 0.25) is 5.91 Å². The number of fused-ring (bicyclic) bond motifs is 1. The molecule has 0 aliphatic carbocycles. The highest BCUT2D eigenvalue weighted by atomic mass is 79.9. The summed E-state index contributed by atoms with van der Waals surface area (Å²) in [7, 11) is 1.64. The number of nitrogens with zero attached hydrogens (tertiary/aromatic N) is 2. The van der Waals surface area contributed by atoms with E-state index in [1.807, 2.05) is 6.92 Å². The normalized spacial score (nSPS) is 12.6. The Bertz CT molecular complexity index is 587. The van der Waals surface area contributed by atoms with E-state index in [4.69, 9.17) is 4.74 Å². The summed E-state index contributed by atoms with van der Waals surface area (Å²) in [5.41, 5.74) is 0.778. The van der Waals surface area contributed by atoms with E-state index >= 15 is 0 Å². The Kier molecular flexibility index (Phi) is 4.84. The molecule has 2 rings (SSSR count). The van der Waals surface area contributed by atoms with Crippen LogP contribution < -0.4 is 5.32 Å². The highest BCUT2D eigenvalue weighted by molar-refractivity contribution is 9.10. The number of methoxy groups -OCH3 is 1. The van der Waals surface area contributed by atoms with E-state index in [0.717, 1.165) is 14.7 Å². The molecule has 0 fully saturated rings. The largest absolute Gasteiger partial charge is 0.382 e. The number of hydrogen-bond donors (Lipinski definition) is 1. The number of anilines is 1. The number of amides is 1. The number of hydrogen-bond acceptors (Lipinski definition) is 5. The molecule has 2 aromatic rings. The molecule has 1 unspecified atom stereocenters. The van der Waals surface area contributed by atoms with Crippen molar-refractivity contribution in [3.05, 3.63) is 16.9 Å².